The highest BCUT2D eigenvalue weighted by Gasteiger charge is 2.36. The van der Waals surface area contributed by atoms with Crippen LogP contribution < -0.4 is 10.2 Å². The van der Waals surface area contributed by atoms with Crippen molar-refractivity contribution in [2.45, 2.75) is 143 Å². The molecule has 4 aliphatic heterocycles. The second-order valence-electron chi connectivity index (χ2n) is 23.9. The average molecular weight is 1180 g/mol. The summed E-state index contributed by atoms with van der Waals surface area (Å²) in [4.78, 5) is 89.7. The lowest BCUT2D eigenvalue weighted by molar-refractivity contribution is -0.193. The Hall–Kier alpha value is -7.19. The van der Waals surface area contributed by atoms with Crippen LogP contribution in [0.5, 0.6) is 0 Å². The fourth-order valence-electron chi connectivity index (χ4n) is 14.0. The van der Waals surface area contributed by atoms with Crippen molar-refractivity contribution in [3.63, 3.8) is 0 Å². The number of aryl methyl sites for hydroxylation is 4. The fourth-order valence-corrected chi connectivity index (χ4v) is 14.2. The van der Waals surface area contributed by atoms with Gasteiger partial charge in [-0.2, -0.15) is 19.2 Å². The summed E-state index contributed by atoms with van der Waals surface area (Å²) in [6.07, 6.45) is 17.4. The summed E-state index contributed by atoms with van der Waals surface area (Å²) in [5.41, 5.74) is 16.4. The number of benzene rings is 4. The van der Waals surface area contributed by atoms with Crippen molar-refractivity contribution in [3.05, 3.63) is 106 Å². The minimum atomic E-state index is -0.0204. The number of rotatable bonds is 9. The predicted octanol–water partition coefficient (Wildman–Crippen LogP) is 12.1. The topological polar surface area (TPSA) is 187 Å². The van der Waals surface area contributed by atoms with Crippen molar-refractivity contribution in [1.82, 2.24) is 18.9 Å². The van der Waals surface area contributed by atoms with Crippen LogP contribution in [0.4, 0.5) is 11.4 Å². The van der Waals surface area contributed by atoms with E-state index in [2.05, 4.69) is 115 Å². The number of piperidine rings is 2. The van der Waals surface area contributed by atoms with E-state index in [0.29, 0.717) is 43.4 Å². The summed E-state index contributed by atoms with van der Waals surface area (Å²) in [5.74, 6) is 2.13. The first-order valence-corrected chi connectivity index (χ1v) is 30.9. The molecule has 0 spiro atoms. The Kier molecular flexibility index (Phi) is 22.7. The second kappa shape index (κ2) is 30.2. The van der Waals surface area contributed by atoms with Gasteiger partial charge in [-0.1, -0.05) is 87.1 Å². The third-order valence-electron chi connectivity index (χ3n) is 17.8. The Morgan fingerprint density at radius 3 is 1.52 bits per heavy atom. The van der Waals surface area contributed by atoms with Crippen LogP contribution in [-0.4, -0.2) is 121 Å². The number of carbonyl (C=O) groups is 4. The van der Waals surface area contributed by atoms with Crippen LogP contribution in [0.3, 0.4) is 0 Å². The molecule has 2 aliphatic carbocycles. The molecule has 0 unspecified atom stereocenters. The van der Waals surface area contributed by atoms with Gasteiger partial charge in [0.05, 0.1) is 36.0 Å². The monoisotopic (exact) mass is 1180 g/mol. The summed E-state index contributed by atoms with van der Waals surface area (Å²) in [7, 11) is 3.42. The van der Waals surface area contributed by atoms with Crippen molar-refractivity contribution >= 4 is 80.7 Å². The maximum atomic E-state index is 14.1. The Bertz CT molecular complexity index is 3400. The number of fused-ring (bicyclic) bond motifs is 10. The number of alkyl halides is 1. The molecule has 4 amide bonds. The van der Waals surface area contributed by atoms with Crippen LogP contribution in [0, 0.1) is 39.5 Å². The third-order valence-corrected chi connectivity index (χ3v) is 18.0. The van der Waals surface area contributed by atoms with E-state index >= 15 is 0 Å². The molecule has 6 aromatic rings. The summed E-state index contributed by atoms with van der Waals surface area (Å²) in [5, 5.41) is 5.76. The largest absolute Gasteiger partial charge is 0.384 e. The summed E-state index contributed by atoms with van der Waals surface area (Å²) < 4.78 is 15.0. The van der Waals surface area contributed by atoms with Crippen LogP contribution in [-0.2, 0) is 60.9 Å². The number of carbonyl (C=O) groups excluding carboxylic acids is 8. The molecule has 4 aromatic carbocycles. The van der Waals surface area contributed by atoms with Crippen LogP contribution in [0.25, 0.3) is 44.3 Å². The van der Waals surface area contributed by atoms with E-state index in [1.165, 1.54) is 125 Å². The van der Waals surface area contributed by atoms with E-state index in [0.717, 1.165) is 79.9 Å². The number of halogens is 1. The average Bonchev–Trinajstić information content (AvgIpc) is 2.08. The highest BCUT2D eigenvalue weighted by molar-refractivity contribution is 6.27. The van der Waals surface area contributed by atoms with Gasteiger partial charge in [-0.25, -0.2) is 0 Å². The van der Waals surface area contributed by atoms with Crippen LogP contribution in [0.1, 0.15) is 135 Å². The highest BCUT2D eigenvalue weighted by Crippen LogP contribution is 2.49. The Morgan fingerprint density at radius 2 is 1.01 bits per heavy atom. The van der Waals surface area contributed by atoms with E-state index in [1.807, 2.05) is 9.80 Å². The number of hydrogen-bond donors (Lipinski definition) is 1. The normalized spacial score (nSPS) is 18.5. The van der Waals surface area contributed by atoms with Crippen molar-refractivity contribution in [1.29, 1.82) is 0 Å². The molecular formula is C68H83ClN6O10. The maximum absolute atomic E-state index is 14.1. The standard InChI is InChI=1S/C33H41N3O3.C24H26N2O.C9H16ClNO2.2CO2/c1-22-11-13-26-28(16-22)36-20-31(38)35(19-30(37)34-15-7-8-24(18-34)21-39-3)29-17-23(2)12-14-27(29)33(36)32(26)25-9-5-4-6-10-25;1-15-8-10-18-20(12-15)25-22(27)14-26-21-13-16(2)9-11-19(21)23(24(18)26)17-6-4-3-5-7-17;1-13-7-8-3-2-4-11(6-8)9(12)5-10;2*2-1-3/h11-14,16-17,24-25H,4-10,15,18-21H2,1-3H3;8-13,17H,3-7,14H2,1-2H3,(H,25,27);8H,2-7H2,1H3;;/t24-;;8-;;/m1.1../s1. The van der Waals surface area contributed by atoms with Gasteiger partial charge in [-0.05, 0) is 160 Å². The zero-order valence-corrected chi connectivity index (χ0v) is 51.2. The van der Waals surface area contributed by atoms with Gasteiger partial charge in [-0.15, -0.1) is 11.6 Å². The summed E-state index contributed by atoms with van der Waals surface area (Å²) >= 11 is 5.49. The first-order chi connectivity index (χ1) is 41.2. The lowest BCUT2D eigenvalue weighted by atomic mass is 9.81. The molecule has 2 aromatic heterocycles. The van der Waals surface area contributed by atoms with Crippen molar-refractivity contribution < 1.29 is 47.8 Å². The highest BCUT2D eigenvalue weighted by atomic mass is 35.5. The molecule has 2 saturated heterocycles. The maximum Gasteiger partial charge on any atom is 0.373 e. The van der Waals surface area contributed by atoms with Gasteiger partial charge in [0, 0.05) is 73.3 Å². The Morgan fingerprint density at radius 1 is 0.565 bits per heavy atom. The predicted molar refractivity (Wildman–Crippen MR) is 329 cm³/mol. The van der Waals surface area contributed by atoms with Gasteiger partial charge in [0.1, 0.15) is 25.5 Å². The van der Waals surface area contributed by atoms with Gasteiger partial charge in [-0.3, -0.25) is 19.2 Å². The molecule has 452 valence electrons. The fraction of sp³-hybridized carbons (Fsp3) is 0.500. The zero-order valence-electron chi connectivity index (χ0n) is 50.4. The molecule has 2 atom stereocenters. The van der Waals surface area contributed by atoms with E-state index in [1.54, 1.807) is 19.1 Å². The number of methoxy groups -OCH3 is 2. The first-order valence-electron chi connectivity index (χ1n) is 30.3. The smallest absolute Gasteiger partial charge is 0.373 e. The van der Waals surface area contributed by atoms with E-state index < -0.39 is 0 Å². The third kappa shape index (κ3) is 15.1. The minimum Gasteiger partial charge on any atom is -0.384 e. The second-order valence-corrected chi connectivity index (χ2v) is 24.2. The van der Waals surface area contributed by atoms with Gasteiger partial charge in [0.25, 0.3) is 0 Å². The zero-order chi connectivity index (χ0) is 60.7. The summed E-state index contributed by atoms with van der Waals surface area (Å²) in [6, 6.07) is 26.3. The SMILES string of the molecule is COC[C@@H]1CCCN(C(=O)CCl)C1.COC[C@@H]1CCCN(C(=O)CN2C(=O)Cn3c(c(C4CCCCC4)c4ccc(C)cc43)-c3ccc(C)cc32)C1.Cc1ccc2c(c1)NC(=O)Cn1c-2c(C2CCCCC2)c2ccc(C)cc21.O=C=O.O=C=O. The van der Waals surface area contributed by atoms with Crippen molar-refractivity contribution in [2.24, 2.45) is 11.8 Å². The molecule has 6 heterocycles. The molecule has 12 rings (SSSR count). The minimum absolute atomic E-state index is 0.0204. The number of ether oxygens (including phenoxy) is 2. The number of likely N-dealkylation sites (tertiary alicyclic amines) is 2. The molecule has 85 heavy (non-hydrogen) atoms. The number of anilines is 2. The van der Waals surface area contributed by atoms with E-state index in [4.69, 9.17) is 40.3 Å². The molecule has 17 heteroatoms. The Labute approximate surface area is 504 Å². The Balaban J connectivity index is 0.000000176. The number of amides is 4. The first kappa shape index (κ1) is 63.8. The molecular weight excluding hydrogens is 1100 g/mol. The molecule has 0 bridgehead atoms. The molecule has 16 nitrogen and oxygen atoms in total. The van der Waals surface area contributed by atoms with Crippen LogP contribution in [0.15, 0.2) is 72.8 Å². The quantitative estimate of drug-likeness (QED) is 0.137. The van der Waals surface area contributed by atoms with Gasteiger partial charge in [0.15, 0.2) is 0 Å². The summed E-state index contributed by atoms with van der Waals surface area (Å²) in [6.45, 7) is 13.6. The lowest BCUT2D eigenvalue weighted by Crippen LogP contribution is -2.47. The number of hydrogen-bond acceptors (Lipinski definition) is 10. The molecule has 4 fully saturated rings. The van der Waals surface area contributed by atoms with Crippen molar-refractivity contribution in [2.75, 3.05) is 76.3 Å². The number of nitrogens with zero attached hydrogens (tertiary/aromatic N) is 5. The van der Waals surface area contributed by atoms with Gasteiger partial charge >= 0.3 is 12.3 Å². The van der Waals surface area contributed by atoms with Gasteiger partial charge < -0.3 is 38.6 Å². The van der Waals surface area contributed by atoms with E-state index in [-0.39, 0.29) is 54.9 Å². The number of nitrogens with one attached hydrogen (secondary N) is 1. The lowest BCUT2D eigenvalue weighted by Gasteiger charge is -2.34. The van der Waals surface area contributed by atoms with Crippen LogP contribution in [0.2, 0.25) is 0 Å². The van der Waals surface area contributed by atoms with Gasteiger partial charge in [0.2, 0.25) is 23.6 Å². The van der Waals surface area contributed by atoms with E-state index in [9.17, 15) is 19.2 Å². The molecule has 6 aliphatic rings. The van der Waals surface area contributed by atoms with Crippen molar-refractivity contribution in [3.8, 4) is 22.5 Å². The molecule has 1 N–H and O–H groups in total. The molecule has 0 radical (unpaired) electrons. The molecule has 2 saturated carbocycles. The number of aromatic nitrogens is 2. The van der Waals surface area contributed by atoms with Crippen LogP contribution >= 0.6 is 11.6 Å².